The maximum Gasteiger partial charge on any atom is 0.231 e. The number of aryl methyl sites for hydroxylation is 2. The van der Waals surface area contributed by atoms with Gasteiger partial charge in [-0.1, -0.05) is 11.6 Å². The van der Waals surface area contributed by atoms with E-state index in [-0.39, 0.29) is 12.2 Å². The molecule has 31 heavy (non-hydrogen) atoms. The Morgan fingerprint density at radius 3 is 2.55 bits per heavy atom. The first-order chi connectivity index (χ1) is 15.2. The number of aromatic nitrogens is 6. The van der Waals surface area contributed by atoms with Crippen molar-refractivity contribution in [1.82, 2.24) is 29.9 Å². The van der Waals surface area contributed by atoms with Gasteiger partial charge in [-0.3, -0.25) is 0 Å². The predicted octanol–water partition coefficient (Wildman–Crippen LogP) is 3.97. The Morgan fingerprint density at radius 1 is 0.968 bits per heavy atom. The van der Waals surface area contributed by atoms with Crippen LogP contribution in [-0.2, 0) is 7.05 Å². The molecule has 2 aliphatic rings. The van der Waals surface area contributed by atoms with Crippen LogP contribution in [0, 0.1) is 6.92 Å². The van der Waals surface area contributed by atoms with E-state index in [0.717, 1.165) is 42.8 Å². The summed E-state index contributed by atoms with van der Waals surface area (Å²) in [6.45, 7) is 1.97. The fourth-order valence-corrected chi connectivity index (χ4v) is 3.77. The lowest BCUT2D eigenvalue weighted by Crippen LogP contribution is -2.20. The summed E-state index contributed by atoms with van der Waals surface area (Å²) in [7, 11) is 1.82. The fraction of sp³-hybridized carbons (Fsp3) is 0.500. The van der Waals surface area contributed by atoms with Crippen LogP contribution in [-0.4, -0.2) is 42.2 Å². The topological polar surface area (TPSA) is 99.9 Å². The molecule has 9 heteroatoms. The number of hydrogen-bond acceptors (Lipinski definition) is 8. The van der Waals surface area contributed by atoms with E-state index in [0.29, 0.717) is 23.3 Å². The zero-order valence-corrected chi connectivity index (χ0v) is 17.9. The number of ether oxygens (including phenoxy) is 2. The summed E-state index contributed by atoms with van der Waals surface area (Å²) < 4.78 is 13.6. The molecule has 0 amide bonds. The van der Waals surface area contributed by atoms with E-state index >= 15 is 0 Å². The van der Waals surface area contributed by atoms with E-state index in [9.17, 15) is 0 Å². The second-order valence-corrected chi connectivity index (χ2v) is 8.23. The van der Waals surface area contributed by atoms with Gasteiger partial charge in [-0.05, 0) is 57.6 Å². The van der Waals surface area contributed by atoms with Crippen molar-refractivity contribution in [2.24, 2.45) is 7.05 Å². The lowest BCUT2D eigenvalue weighted by Gasteiger charge is -2.23. The molecule has 2 aliphatic carbocycles. The average molecular weight is 422 g/mol. The summed E-state index contributed by atoms with van der Waals surface area (Å²) in [4.78, 5) is 13.5. The van der Waals surface area contributed by atoms with E-state index in [4.69, 9.17) is 14.5 Å². The number of rotatable bonds is 7. The quantitative estimate of drug-likeness (QED) is 0.612. The zero-order valence-electron chi connectivity index (χ0n) is 17.9. The van der Waals surface area contributed by atoms with E-state index in [1.807, 2.05) is 26.1 Å². The largest absolute Gasteiger partial charge is 0.489 e. The fourth-order valence-electron chi connectivity index (χ4n) is 3.77. The minimum Gasteiger partial charge on any atom is -0.489 e. The van der Waals surface area contributed by atoms with Gasteiger partial charge in [-0.15, -0.1) is 5.10 Å². The highest BCUT2D eigenvalue weighted by molar-refractivity contribution is 5.71. The van der Waals surface area contributed by atoms with Crippen LogP contribution >= 0.6 is 0 Å². The first-order valence-corrected chi connectivity index (χ1v) is 11.0. The van der Waals surface area contributed by atoms with Crippen molar-refractivity contribution in [3.05, 3.63) is 30.1 Å². The van der Waals surface area contributed by atoms with Crippen molar-refractivity contribution in [2.75, 3.05) is 5.32 Å². The number of nitrogens with zero attached hydrogens (tertiary/aromatic N) is 6. The molecule has 162 valence electrons. The lowest BCUT2D eigenvalue weighted by atomic mass is 9.98. The third-order valence-electron chi connectivity index (χ3n) is 5.62. The molecule has 3 aromatic heterocycles. The molecule has 0 radical (unpaired) electrons. The average Bonchev–Trinajstić information content (AvgIpc) is 3.52. The van der Waals surface area contributed by atoms with Crippen molar-refractivity contribution in [2.45, 2.75) is 64.1 Å². The maximum absolute atomic E-state index is 6.20. The van der Waals surface area contributed by atoms with Gasteiger partial charge in [0.2, 0.25) is 11.8 Å². The van der Waals surface area contributed by atoms with Crippen LogP contribution in [0.4, 0.5) is 11.8 Å². The highest BCUT2D eigenvalue weighted by Gasteiger charge is 2.24. The van der Waals surface area contributed by atoms with Crippen LogP contribution in [0.3, 0.4) is 0 Å². The van der Waals surface area contributed by atoms with Gasteiger partial charge in [0.05, 0.1) is 17.5 Å². The molecule has 5 rings (SSSR count). The predicted molar refractivity (Wildman–Crippen MR) is 115 cm³/mol. The highest BCUT2D eigenvalue weighted by atomic mass is 16.5. The van der Waals surface area contributed by atoms with E-state index < -0.39 is 0 Å². The van der Waals surface area contributed by atoms with Crippen molar-refractivity contribution in [3.63, 3.8) is 0 Å². The Kier molecular flexibility index (Phi) is 5.40. The van der Waals surface area contributed by atoms with E-state index in [1.54, 1.807) is 16.9 Å². The molecule has 0 aromatic carbocycles. The standard InChI is InChI=1S/C22H27N7O2/c1-14-18(30-15-6-4-3-5-7-15)11-10-17(24-14)20-21(29(2)28-27-20)26-22-23-13-12-19(25-22)31-16-8-9-16/h10-13,15-16H,3-9H2,1-2H3,(H,23,25,26). The Balaban J connectivity index is 1.36. The number of nitrogens with one attached hydrogen (secondary N) is 1. The van der Waals surface area contributed by atoms with Crippen LogP contribution in [0.15, 0.2) is 24.4 Å². The van der Waals surface area contributed by atoms with Gasteiger partial charge in [-0.2, -0.15) is 4.98 Å². The van der Waals surface area contributed by atoms with Crippen LogP contribution in [0.2, 0.25) is 0 Å². The van der Waals surface area contributed by atoms with Gasteiger partial charge in [0.25, 0.3) is 0 Å². The monoisotopic (exact) mass is 421 g/mol. The molecule has 0 aliphatic heterocycles. The molecule has 3 aromatic rings. The molecule has 9 nitrogen and oxygen atoms in total. The third kappa shape index (κ3) is 4.60. The van der Waals surface area contributed by atoms with E-state index in [2.05, 4.69) is 25.6 Å². The summed E-state index contributed by atoms with van der Waals surface area (Å²) in [5.74, 6) is 2.49. The van der Waals surface area contributed by atoms with Gasteiger partial charge < -0.3 is 14.8 Å². The van der Waals surface area contributed by atoms with Gasteiger partial charge in [0.1, 0.15) is 11.9 Å². The second-order valence-electron chi connectivity index (χ2n) is 8.23. The molecule has 2 fully saturated rings. The van der Waals surface area contributed by atoms with Gasteiger partial charge >= 0.3 is 0 Å². The minimum atomic E-state index is 0.276. The van der Waals surface area contributed by atoms with Crippen molar-refractivity contribution < 1.29 is 9.47 Å². The molecular weight excluding hydrogens is 394 g/mol. The molecule has 0 spiro atoms. The Labute approximate surface area is 181 Å². The first kappa shape index (κ1) is 19.7. The molecule has 0 saturated heterocycles. The highest BCUT2D eigenvalue weighted by Crippen LogP contribution is 2.31. The summed E-state index contributed by atoms with van der Waals surface area (Å²) in [5.41, 5.74) is 2.19. The lowest BCUT2D eigenvalue weighted by molar-refractivity contribution is 0.153. The number of pyridine rings is 1. The van der Waals surface area contributed by atoms with Gasteiger partial charge in [-0.25, -0.2) is 14.6 Å². The summed E-state index contributed by atoms with van der Waals surface area (Å²) in [5, 5.41) is 11.7. The molecule has 1 N–H and O–H groups in total. The van der Waals surface area contributed by atoms with Crippen molar-refractivity contribution in [3.8, 4) is 23.0 Å². The smallest absolute Gasteiger partial charge is 0.231 e. The second kappa shape index (κ2) is 8.49. The van der Waals surface area contributed by atoms with E-state index in [1.165, 1.54) is 19.3 Å². The van der Waals surface area contributed by atoms with Crippen molar-refractivity contribution in [1.29, 1.82) is 0 Å². The van der Waals surface area contributed by atoms with Gasteiger partial charge in [0, 0.05) is 19.3 Å². The van der Waals surface area contributed by atoms with Crippen LogP contribution in [0.25, 0.3) is 11.4 Å². The first-order valence-electron chi connectivity index (χ1n) is 11.0. The Bertz CT molecular complexity index is 1060. The number of hydrogen-bond donors (Lipinski definition) is 1. The Hall–Kier alpha value is -3.23. The normalized spacial score (nSPS) is 16.8. The van der Waals surface area contributed by atoms with Crippen LogP contribution in [0.5, 0.6) is 11.6 Å². The van der Waals surface area contributed by atoms with Gasteiger partial charge in [0.15, 0.2) is 11.5 Å². The van der Waals surface area contributed by atoms with Crippen LogP contribution < -0.4 is 14.8 Å². The molecule has 2 saturated carbocycles. The third-order valence-corrected chi connectivity index (χ3v) is 5.62. The summed E-state index contributed by atoms with van der Waals surface area (Å²) in [6.07, 6.45) is 10.4. The molecule has 0 unspecified atom stereocenters. The zero-order chi connectivity index (χ0) is 21.2. The molecular formula is C22H27N7O2. The van der Waals surface area contributed by atoms with Crippen molar-refractivity contribution >= 4 is 11.8 Å². The minimum absolute atomic E-state index is 0.276. The summed E-state index contributed by atoms with van der Waals surface area (Å²) in [6, 6.07) is 5.67. The number of anilines is 2. The molecule has 0 bridgehead atoms. The maximum atomic E-state index is 6.20. The SMILES string of the molecule is Cc1nc(-c2nnn(C)c2Nc2nccc(OC3CC3)n2)ccc1OC1CCCCC1. The Morgan fingerprint density at radius 2 is 1.77 bits per heavy atom. The molecule has 0 atom stereocenters. The van der Waals surface area contributed by atoms with Crippen LogP contribution in [0.1, 0.15) is 50.6 Å². The molecule has 3 heterocycles. The summed E-state index contributed by atoms with van der Waals surface area (Å²) >= 11 is 0.